The van der Waals surface area contributed by atoms with E-state index in [0.717, 1.165) is 17.5 Å². The Balaban J connectivity index is 2.32. The van der Waals surface area contributed by atoms with Crippen molar-refractivity contribution in [2.45, 2.75) is 46.7 Å². The van der Waals surface area contributed by atoms with Crippen LogP contribution < -0.4 is 11.1 Å². The van der Waals surface area contributed by atoms with Gasteiger partial charge in [0.05, 0.1) is 11.0 Å². The molecule has 0 radical (unpaired) electrons. The van der Waals surface area contributed by atoms with Crippen molar-refractivity contribution in [3.05, 3.63) is 23.3 Å². The van der Waals surface area contributed by atoms with Gasteiger partial charge in [-0.15, -0.1) is 0 Å². The van der Waals surface area contributed by atoms with Gasteiger partial charge in [0.25, 0.3) is 0 Å². The first-order valence-corrected chi connectivity index (χ1v) is 6.94. The Bertz CT molecular complexity index is 645. The van der Waals surface area contributed by atoms with Crippen LogP contribution >= 0.6 is 0 Å². The van der Waals surface area contributed by atoms with Crippen molar-refractivity contribution in [3.63, 3.8) is 0 Å². The van der Waals surface area contributed by atoms with Crippen LogP contribution in [0.25, 0.3) is 11.0 Å². The normalized spacial score (nSPS) is 12.6. The van der Waals surface area contributed by atoms with E-state index >= 15 is 0 Å². The maximum absolute atomic E-state index is 12.0. The number of nitrogen functional groups attached to an aromatic ring is 1. The fourth-order valence-corrected chi connectivity index (χ4v) is 2.13. The van der Waals surface area contributed by atoms with Gasteiger partial charge < -0.3 is 15.6 Å². The molecule has 2 rings (SSSR count). The van der Waals surface area contributed by atoms with Crippen LogP contribution in [0.5, 0.6) is 0 Å². The number of nitrogens with one attached hydrogen (secondary N) is 1. The zero-order chi connectivity index (χ0) is 14.9. The quantitative estimate of drug-likeness (QED) is 0.897. The molecule has 20 heavy (non-hydrogen) atoms. The minimum absolute atomic E-state index is 0.0384. The third-order valence-electron chi connectivity index (χ3n) is 3.71. The monoisotopic (exact) mass is 274 g/mol. The molecule has 1 unspecified atom stereocenters. The molecule has 1 heterocycles. The number of rotatable bonds is 4. The molecule has 3 N–H and O–H groups in total. The lowest BCUT2D eigenvalue weighted by Crippen LogP contribution is -2.34. The van der Waals surface area contributed by atoms with Gasteiger partial charge in [0.15, 0.2) is 0 Å². The Morgan fingerprint density at radius 1 is 1.40 bits per heavy atom. The zero-order valence-electron chi connectivity index (χ0n) is 12.5. The largest absolute Gasteiger partial charge is 0.369 e. The molecule has 0 saturated carbocycles. The number of aromatic nitrogens is 2. The summed E-state index contributed by atoms with van der Waals surface area (Å²) in [5.41, 5.74) is 10.0. The van der Waals surface area contributed by atoms with Crippen LogP contribution in [0, 0.1) is 13.8 Å². The topological polar surface area (TPSA) is 72.9 Å². The van der Waals surface area contributed by atoms with Crippen molar-refractivity contribution in [2.75, 3.05) is 5.73 Å². The van der Waals surface area contributed by atoms with Crippen LogP contribution in [0.1, 0.15) is 31.4 Å². The second-order valence-corrected chi connectivity index (χ2v) is 5.36. The molecule has 0 aliphatic heterocycles. The molecule has 1 aromatic heterocycles. The minimum Gasteiger partial charge on any atom is -0.369 e. The van der Waals surface area contributed by atoms with Crippen molar-refractivity contribution in [1.82, 2.24) is 14.9 Å². The molecular formula is C15H22N4O. The number of aryl methyl sites for hydroxylation is 2. The van der Waals surface area contributed by atoms with Gasteiger partial charge in [-0.05, 0) is 50.5 Å². The molecule has 0 bridgehead atoms. The summed E-state index contributed by atoms with van der Waals surface area (Å²) in [6.45, 7) is 8.31. The van der Waals surface area contributed by atoms with E-state index in [1.807, 2.05) is 39.8 Å². The van der Waals surface area contributed by atoms with Gasteiger partial charge in [0.2, 0.25) is 11.9 Å². The first kappa shape index (κ1) is 14.4. The maximum atomic E-state index is 12.0. The summed E-state index contributed by atoms with van der Waals surface area (Å²) in [6.07, 6.45) is 0.907. The lowest BCUT2D eigenvalue weighted by atomic mass is 10.1. The average molecular weight is 274 g/mol. The van der Waals surface area contributed by atoms with E-state index < -0.39 is 0 Å². The molecule has 5 nitrogen and oxygen atoms in total. The molecule has 0 aliphatic carbocycles. The van der Waals surface area contributed by atoms with Gasteiger partial charge in [-0.25, -0.2) is 4.98 Å². The third kappa shape index (κ3) is 2.76. The van der Waals surface area contributed by atoms with Crippen molar-refractivity contribution in [1.29, 1.82) is 0 Å². The highest BCUT2D eigenvalue weighted by Crippen LogP contribution is 2.21. The third-order valence-corrected chi connectivity index (χ3v) is 3.71. The van der Waals surface area contributed by atoms with Crippen LogP contribution in [0.2, 0.25) is 0 Å². The van der Waals surface area contributed by atoms with Crippen LogP contribution in [0.3, 0.4) is 0 Å². The van der Waals surface area contributed by atoms with Crippen molar-refractivity contribution in [2.24, 2.45) is 0 Å². The number of fused-ring (bicyclic) bond motifs is 1. The summed E-state index contributed by atoms with van der Waals surface area (Å²) in [7, 11) is 0. The van der Waals surface area contributed by atoms with Crippen molar-refractivity contribution < 1.29 is 4.79 Å². The van der Waals surface area contributed by atoms with E-state index in [-0.39, 0.29) is 18.5 Å². The molecule has 1 atom stereocenters. The fourth-order valence-electron chi connectivity index (χ4n) is 2.13. The number of benzene rings is 1. The van der Waals surface area contributed by atoms with Gasteiger partial charge >= 0.3 is 0 Å². The summed E-state index contributed by atoms with van der Waals surface area (Å²) in [5, 5.41) is 2.94. The smallest absolute Gasteiger partial charge is 0.240 e. The van der Waals surface area contributed by atoms with E-state index in [1.165, 1.54) is 11.1 Å². The molecule has 5 heteroatoms. The average Bonchev–Trinajstić information content (AvgIpc) is 2.66. The van der Waals surface area contributed by atoms with Crippen LogP contribution in [-0.2, 0) is 11.3 Å². The number of amides is 1. The highest BCUT2D eigenvalue weighted by Gasteiger charge is 2.13. The number of hydrogen-bond acceptors (Lipinski definition) is 3. The Morgan fingerprint density at radius 3 is 2.70 bits per heavy atom. The van der Waals surface area contributed by atoms with Gasteiger partial charge in [-0.2, -0.15) is 0 Å². The second-order valence-electron chi connectivity index (χ2n) is 5.36. The van der Waals surface area contributed by atoms with Crippen molar-refractivity contribution >= 4 is 22.9 Å². The molecule has 0 aliphatic rings. The van der Waals surface area contributed by atoms with Crippen molar-refractivity contribution in [3.8, 4) is 0 Å². The Morgan fingerprint density at radius 2 is 2.05 bits per heavy atom. The number of carbonyl (C=O) groups excluding carboxylic acids is 1. The summed E-state index contributed by atoms with van der Waals surface area (Å²) < 4.78 is 1.76. The van der Waals surface area contributed by atoms with E-state index in [0.29, 0.717) is 5.95 Å². The Labute approximate surface area is 119 Å². The first-order chi connectivity index (χ1) is 9.42. The molecule has 1 amide bonds. The predicted octanol–water partition coefficient (Wildman–Crippen LogP) is 2.15. The number of nitrogens with two attached hydrogens (primary N) is 1. The van der Waals surface area contributed by atoms with E-state index in [2.05, 4.69) is 10.3 Å². The SMILES string of the molecule is CCC(C)NC(=O)Cn1c(N)nc2cc(C)c(C)cc21. The molecule has 0 saturated heterocycles. The van der Waals surface area contributed by atoms with E-state index in [9.17, 15) is 4.79 Å². The number of nitrogens with zero attached hydrogens (tertiary/aromatic N) is 2. The Kier molecular flexibility index (Phi) is 3.97. The second kappa shape index (κ2) is 5.53. The lowest BCUT2D eigenvalue weighted by molar-refractivity contribution is -0.122. The van der Waals surface area contributed by atoms with E-state index in [4.69, 9.17) is 5.73 Å². The van der Waals surface area contributed by atoms with E-state index in [1.54, 1.807) is 4.57 Å². The van der Waals surface area contributed by atoms with Gasteiger partial charge in [-0.3, -0.25) is 4.79 Å². The number of anilines is 1. The van der Waals surface area contributed by atoms with Crippen LogP contribution in [0.15, 0.2) is 12.1 Å². The predicted molar refractivity (Wildman–Crippen MR) is 81.5 cm³/mol. The first-order valence-electron chi connectivity index (χ1n) is 6.94. The highest BCUT2D eigenvalue weighted by atomic mass is 16.2. The lowest BCUT2D eigenvalue weighted by Gasteiger charge is -2.13. The summed E-state index contributed by atoms with van der Waals surface area (Å²) in [4.78, 5) is 16.3. The molecule has 0 fully saturated rings. The number of carbonyl (C=O) groups is 1. The highest BCUT2D eigenvalue weighted by molar-refractivity contribution is 5.84. The summed E-state index contributed by atoms with van der Waals surface area (Å²) in [5.74, 6) is 0.341. The zero-order valence-corrected chi connectivity index (χ0v) is 12.5. The molecule has 1 aromatic carbocycles. The molecule has 0 spiro atoms. The molecule has 2 aromatic rings. The number of imidazole rings is 1. The van der Waals surface area contributed by atoms with Crippen LogP contribution in [0.4, 0.5) is 5.95 Å². The molecular weight excluding hydrogens is 252 g/mol. The Hall–Kier alpha value is -2.04. The summed E-state index contributed by atoms with van der Waals surface area (Å²) in [6, 6.07) is 4.21. The van der Waals surface area contributed by atoms with Gasteiger partial charge in [0.1, 0.15) is 6.54 Å². The maximum Gasteiger partial charge on any atom is 0.240 e. The van der Waals surface area contributed by atoms with Gasteiger partial charge in [0, 0.05) is 6.04 Å². The minimum atomic E-state index is -0.0384. The fraction of sp³-hybridized carbons (Fsp3) is 0.467. The molecule has 108 valence electrons. The summed E-state index contributed by atoms with van der Waals surface area (Å²) >= 11 is 0. The van der Waals surface area contributed by atoms with Gasteiger partial charge in [-0.1, -0.05) is 6.92 Å². The standard InChI is InChI=1S/C15H22N4O/c1-5-11(4)17-14(20)8-19-13-7-10(3)9(2)6-12(13)18-15(19)16/h6-7,11H,5,8H2,1-4H3,(H2,16,18)(H,17,20). The van der Waals surface area contributed by atoms with Crippen LogP contribution in [-0.4, -0.2) is 21.5 Å². The number of hydrogen-bond donors (Lipinski definition) is 2.